The van der Waals surface area contributed by atoms with E-state index in [1.54, 1.807) is 44.6 Å². The molecule has 0 heterocycles. The van der Waals surface area contributed by atoms with Crippen LogP contribution in [0.1, 0.15) is 10.4 Å². The Morgan fingerprint density at radius 2 is 1.67 bits per heavy atom. The van der Waals surface area contributed by atoms with Gasteiger partial charge in [-0.2, -0.15) is 0 Å². The summed E-state index contributed by atoms with van der Waals surface area (Å²) in [5.41, 5.74) is 7.22. The molecule has 0 saturated heterocycles. The van der Waals surface area contributed by atoms with E-state index >= 15 is 0 Å². The van der Waals surface area contributed by atoms with Crippen LogP contribution in [-0.4, -0.2) is 25.3 Å². The summed E-state index contributed by atoms with van der Waals surface area (Å²) in [6.45, 7) is 0. The van der Waals surface area contributed by atoms with Gasteiger partial charge in [-0.05, 0) is 18.2 Å². The van der Waals surface area contributed by atoms with Crippen molar-refractivity contribution < 1.29 is 19.4 Å². The molecule has 0 spiro atoms. The first-order valence-electron chi connectivity index (χ1n) is 6.16. The van der Waals surface area contributed by atoms with Gasteiger partial charge in [0.25, 0.3) is 0 Å². The number of carboxylic acids is 1. The average molecular weight is 288 g/mol. The molecule has 0 aromatic heterocycles. The molecule has 6 heteroatoms. The molecule has 2 aromatic carbocycles. The number of carbonyl (C=O) groups is 1. The second-order valence-corrected chi connectivity index (χ2v) is 4.33. The fourth-order valence-electron chi connectivity index (χ4n) is 1.87. The van der Waals surface area contributed by atoms with Gasteiger partial charge >= 0.3 is 5.97 Å². The molecule has 2 aromatic rings. The summed E-state index contributed by atoms with van der Waals surface area (Å²) in [5, 5.41) is 12.2. The van der Waals surface area contributed by atoms with Crippen molar-refractivity contribution in [3.63, 3.8) is 0 Å². The van der Waals surface area contributed by atoms with Crippen LogP contribution in [0.4, 0.5) is 17.1 Å². The molecular weight excluding hydrogens is 272 g/mol. The minimum absolute atomic E-state index is 0.0508. The van der Waals surface area contributed by atoms with Gasteiger partial charge in [0, 0.05) is 35.3 Å². The van der Waals surface area contributed by atoms with Crippen LogP contribution >= 0.6 is 0 Å². The topological polar surface area (TPSA) is 93.8 Å². The number of carboxylic acid groups (broad SMARTS) is 1. The first-order chi connectivity index (χ1) is 10.0. The molecule has 4 N–H and O–H groups in total. The van der Waals surface area contributed by atoms with E-state index in [0.717, 1.165) is 0 Å². The SMILES string of the molecule is COc1cc(Nc2ccc(N)c(C(=O)O)c2)cc(OC)c1. The van der Waals surface area contributed by atoms with Crippen molar-refractivity contribution in [1.29, 1.82) is 0 Å². The van der Waals surface area contributed by atoms with Crippen LogP contribution in [0.2, 0.25) is 0 Å². The number of hydrogen-bond acceptors (Lipinski definition) is 5. The smallest absolute Gasteiger partial charge is 0.337 e. The van der Waals surface area contributed by atoms with Gasteiger partial charge in [-0.15, -0.1) is 0 Å². The summed E-state index contributed by atoms with van der Waals surface area (Å²) in [5.74, 6) is 0.191. The van der Waals surface area contributed by atoms with Crippen molar-refractivity contribution in [3.8, 4) is 11.5 Å². The molecule has 2 rings (SSSR count). The first kappa shape index (κ1) is 14.5. The normalized spacial score (nSPS) is 10.0. The maximum Gasteiger partial charge on any atom is 0.337 e. The molecule has 0 saturated carbocycles. The Labute approximate surface area is 122 Å². The van der Waals surface area contributed by atoms with Gasteiger partial charge in [0.2, 0.25) is 0 Å². The highest BCUT2D eigenvalue weighted by Gasteiger charge is 2.09. The molecule has 0 aliphatic carbocycles. The van der Waals surface area contributed by atoms with Crippen LogP contribution in [0.15, 0.2) is 36.4 Å². The Kier molecular flexibility index (Phi) is 4.18. The van der Waals surface area contributed by atoms with Crippen LogP contribution in [0.3, 0.4) is 0 Å². The number of benzene rings is 2. The third kappa shape index (κ3) is 3.36. The molecule has 21 heavy (non-hydrogen) atoms. The number of nitrogens with one attached hydrogen (secondary N) is 1. The number of ether oxygens (including phenoxy) is 2. The number of anilines is 3. The molecule has 0 unspecified atom stereocenters. The van der Waals surface area contributed by atoms with E-state index in [0.29, 0.717) is 22.9 Å². The van der Waals surface area contributed by atoms with Gasteiger partial charge in [0.15, 0.2) is 0 Å². The third-order valence-electron chi connectivity index (χ3n) is 2.92. The standard InChI is InChI=1S/C15H16N2O4/c1-20-11-5-10(6-12(8-11)21-2)17-9-3-4-14(16)13(7-9)15(18)19/h3-8,17H,16H2,1-2H3,(H,18,19). The van der Waals surface area contributed by atoms with E-state index in [-0.39, 0.29) is 11.3 Å². The van der Waals surface area contributed by atoms with E-state index in [1.807, 2.05) is 0 Å². The second kappa shape index (κ2) is 6.04. The van der Waals surface area contributed by atoms with Gasteiger partial charge in [-0.3, -0.25) is 0 Å². The predicted octanol–water partition coefficient (Wildman–Crippen LogP) is 2.73. The Bertz CT molecular complexity index is 648. The largest absolute Gasteiger partial charge is 0.497 e. The Balaban J connectivity index is 2.33. The molecule has 0 aliphatic heterocycles. The average Bonchev–Trinajstić information content (AvgIpc) is 2.48. The van der Waals surface area contributed by atoms with Gasteiger partial charge in [0.05, 0.1) is 19.8 Å². The number of nitrogens with two attached hydrogens (primary N) is 1. The zero-order valence-corrected chi connectivity index (χ0v) is 11.7. The lowest BCUT2D eigenvalue weighted by atomic mass is 10.1. The minimum Gasteiger partial charge on any atom is -0.497 e. The maximum atomic E-state index is 11.1. The van der Waals surface area contributed by atoms with E-state index in [1.165, 1.54) is 6.07 Å². The summed E-state index contributed by atoms with van der Waals surface area (Å²) in [6.07, 6.45) is 0. The number of aromatic carboxylic acids is 1. The summed E-state index contributed by atoms with van der Waals surface area (Å²) in [4.78, 5) is 11.1. The first-order valence-corrected chi connectivity index (χ1v) is 6.16. The summed E-state index contributed by atoms with van der Waals surface area (Å²) in [6, 6.07) is 10.0. The Morgan fingerprint density at radius 3 is 2.19 bits per heavy atom. The number of hydrogen-bond donors (Lipinski definition) is 3. The van der Waals surface area contributed by atoms with Gasteiger partial charge in [0.1, 0.15) is 11.5 Å². The van der Waals surface area contributed by atoms with Gasteiger partial charge in [-0.25, -0.2) is 4.79 Å². The van der Waals surface area contributed by atoms with Crippen molar-refractivity contribution in [2.45, 2.75) is 0 Å². The van der Waals surface area contributed by atoms with Crippen molar-refractivity contribution in [1.82, 2.24) is 0 Å². The van der Waals surface area contributed by atoms with Crippen molar-refractivity contribution in [2.24, 2.45) is 0 Å². The fraction of sp³-hybridized carbons (Fsp3) is 0.133. The molecule has 0 bridgehead atoms. The summed E-state index contributed by atoms with van der Waals surface area (Å²) in [7, 11) is 3.12. The van der Waals surface area contributed by atoms with E-state index < -0.39 is 5.97 Å². The van der Waals surface area contributed by atoms with Gasteiger partial charge < -0.3 is 25.6 Å². The highest BCUT2D eigenvalue weighted by molar-refractivity contribution is 5.95. The van der Waals surface area contributed by atoms with Crippen molar-refractivity contribution >= 4 is 23.0 Å². The maximum absolute atomic E-state index is 11.1. The molecule has 0 aliphatic rings. The van der Waals surface area contributed by atoms with E-state index in [9.17, 15) is 4.79 Å². The van der Waals surface area contributed by atoms with Crippen LogP contribution in [0.5, 0.6) is 11.5 Å². The third-order valence-corrected chi connectivity index (χ3v) is 2.92. The minimum atomic E-state index is -1.07. The zero-order chi connectivity index (χ0) is 15.4. The molecular formula is C15H16N2O4. The van der Waals surface area contributed by atoms with Gasteiger partial charge in [-0.1, -0.05) is 0 Å². The molecule has 0 amide bonds. The lowest BCUT2D eigenvalue weighted by Crippen LogP contribution is -2.03. The monoisotopic (exact) mass is 288 g/mol. The lowest BCUT2D eigenvalue weighted by Gasteiger charge is -2.12. The molecule has 0 radical (unpaired) electrons. The van der Waals surface area contributed by atoms with E-state index in [4.69, 9.17) is 20.3 Å². The fourth-order valence-corrected chi connectivity index (χ4v) is 1.87. The molecule has 110 valence electrons. The molecule has 0 fully saturated rings. The lowest BCUT2D eigenvalue weighted by molar-refractivity contribution is 0.0698. The highest BCUT2D eigenvalue weighted by Crippen LogP contribution is 2.29. The Morgan fingerprint density at radius 1 is 1.05 bits per heavy atom. The van der Waals surface area contributed by atoms with Crippen molar-refractivity contribution in [3.05, 3.63) is 42.0 Å². The van der Waals surface area contributed by atoms with Crippen LogP contribution < -0.4 is 20.5 Å². The van der Waals surface area contributed by atoms with Crippen LogP contribution in [-0.2, 0) is 0 Å². The van der Waals surface area contributed by atoms with E-state index in [2.05, 4.69) is 5.32 Å². The van der Waals surface area contributed by atoms with Crippen LogP contribution in [0, 0.1) is 0 Å². The summed E-state index contributed by atoms with van der Waals surface area (Å²) < 4.78 is 10.4. The van der Waals surface area contributed by atoms with Crippen LogP contribution in [0.25, 0.3) is 0 Å². The second-order valence-electron chi connectivity index (χ2n) is 4.33. The Hall–Kier alpha value is -2.89. The predicted molar refractivity (Wildman–Crippen MR) is 80.6 cm³/mol. The zero-order valence-electron chi connectivity index (χ0n) is 11.7. The summed E-state index contributed by atoms with van der Waals surface area (Å²) >= 11 is 0. The number of nitrogen functional groups attached to an aromatic ring is 1. The molecule has 6 nitrogen and oxygen atoms in total. The number of rotatable bonds is 5. The quantitative estimate of drug-likeness (QED) is 0.732. The number of methoxy groups -OCH3 is 2. The van der Waals surface area contributed by atoms with Crippen molar-refractivity contribution in [2.75, 3.05) is 25.3 Å². The molecule has 0 atom stereocenters. The highest BCUT2D eigenvalue weighted by atomic mass is 16.5.